The Morgan fingerprint density at radius 2 is 1.29 bits per heavy atom. The van der Waals surface area contributed by atoms with Crippen LogP contribution in [0.1, 0.15) is 76.3 Å². The van der Waals surface area contributed by atoms with Gasteiger partial charge in [-0.3, -0.25) is 0 Å². The van der Waals surface area contributed by atoms with Crippen LogP contribution in [0.3, 0.4) is 0 Å². The Hall–Kier alpha value is -4.34. The molecule has 0 saturated heterocycles. The van der Waals surface area contributed by atoms with Crippen LogP contribution in [0.15, 0.2) is 72.8 Å². The fraction of sp³-hybridized carbons (Fsp3) is 0.257. The normalized spacial score (nSPS) is 13.3. The fourth-order valence-electron chi connectivity index (χ4n) is 5.88. The van der Waals surface area contributed by atoms with Crippen molar-refractivity contribution in [2.75, 3.05) is 0 Å². The van der Waals surface area contributed by atoms with Gasteiger partial charge in [0.05, 0.1) is 27.8 Å². The number of aromatic nitrogens is 1. The van der Waals surface area contributed by atoms with Crippen LogP contribution in [-0.2, 0) is 10.8 Å². The number of hydrogen-bond acceptors (Lipinski definition) is 2. The van der Waals surface area contributed by atoms with Crippen molar-refractivity contribution >= 4 is 21.8 Å². The maximum atomic E-state index is 10.3. The quantitative estimate of drug-likeness (QED) is 0.233. The van der Waals surface area contributed by atoms with E-state index in [1.54, 1.807) is 0 Å². The molecule has 5 aromatic rings. The third-order valence-corrected chi connectivity index (χ3v) is 7.82. The van der Waals surface area contributed by atoms with Gasteiger partial charge in [-0.2, -0.15) is 10.5 Å². The Morgan fingerprint density at radius 1 is 0.684 bits per heavy atom. The Bertz CT molecular complexity index is 1780. The van der Waals surface area contributed by atoms with Crippen molar-refractivity contribution in [1.29, 1.82) is 10.5 Å². The van der Waals surface area contributed by atoms with Crippen LogP contribution < -0.4 is 0 Å². The second-order valence-corrected chi connectivity index (χ2v) is 11.3. The number of para-hydroxylation sites is 1. The van der Waals surface area contributed by atoms with Crippen molar-refractivity contribution in [3.8, 4) is 29.0 Å². The molecule has 0 radical (unpaired) electrons. The van der Waals surface area contributed by atoms with E-state index in [0.717, 1.165) is 27.4 Å². The molecule has 1 heterocycles. The van der Waals surface area contributed by atoms with Crippen LogP contribution in [-0.4, -0.2) is 4.57 Å². The molecule has 4 aromatic carbocycles. The number of hydrogen-bond donors (Lipinski definition) is 0. The van der Waals surface area contributed by atoms with Gasteiger partial charge in [0.2, 0.25) is 0 Å². The minimum Gasteiger partial charge on any atom is -0.307 e. The first kappa shape index (κ1) is 25.3. The Labute approximate surface area is 225 Å². The van der Waals surface area contributed by atoms with Crippen molar-refractivity contribution in [2.24, 2.45) is 0 Å². The van der Waals surface area contributed by atoms with Crippen LogP contribution in [0.4, 0.5) is 0 Å². The van der Waals surface area contributed by atoms with Gasteiger partial charge in [-0.25, -0.2) is 0 Å². The average Bonchev–Trinajstić information content (AvgIpc) is 3.36. The minimum atomic E-state index is -0.173. The maximum Gasteiger partial charge on any atom is 0.101 e. The lowest BCUT2D eigenvalue weighted by atomic mass is 9.82. The van der Waals surface area contributed by atoms with Gasteiger partial charge >= 0.3 is 0 Å². The molecule has 0 atom stereocenters. The van der Waals surface area contributed by atoms with E-state index < -0.39 is 0 Å². The molecular weight excluding hydrogens is 462 g/mol. The third kappa shape index (κ3) is 3.54. The van der Waals surface area contributed by atoms with Gasteiger partial charge in [0.15, 0.2) is 0 Å². The number of benzene rings is 4. The lowest BCUT2D eigenvalue weighted by Gasteiger charge is -2.23. The fourth-order valence-corrected chi connectivity index (χ4v) is 5.88. The monoisotopic (exact) mass is 495 g/mol. The smallest absolute Gasteiger partial charge is 0.101 e. The maximum absolute atomic E-state index is 10.3. The molecule has 0 amide bonds. The third-order valence-electron chi connectivity index (χ3n) is 7.82. The summed E-state index contributed by atoms with van der Waals surface area (Å²) >= 11 is 0. The summed E-state index contributed by atoms with van der Waals surface area (Å²) < 4.78 is 2.13. The van der Waals surface area contributed by atoms with Gasteiger partial charge in [-0.1, -0.05) is 90.9 Å². The van der Waals surface area contributed by atoms with E-state index in [9.17, 15) is 10.5 Å². The summed E-state index contributed by atoms with van der Waals surface area (Å²) in [7, 11) is 0. The van der Waals surface area contributed by atoms with Gasteiger partial charge in [-0.15, -0.1) is 0 Å². The van der Waals surface area contributed by atoms with Crippen LogP contribution in [0, 0.1) is 22.7 Å². The largest absolute Gasteiger partial charge is 0.307 e. The topological polar surface area (TPSA) is 52.5 Å². The van der Waals surface area contributed by atoms with Gasteiger partial charge in [0.1, 0.15) is 12.1 Å². The van der Waals surface area contributed by atoms with E-state index in [0.29, 0.717) is 16.8 Å². The first-order chi connectivity index (χ1) is 18.2. The lowest BCUT2D eigenvalue weighted by Crippen LogP contribution is -2.15. The molecule has 0 fully saturated rings. The summed E-state index contributed by atoms with van der Waals surface area (Å²) in [5.41, 5.74) is 9.51. The SMILES string of the molecule is CC.CC(C)(C)c1cc(C#N)c(-n2c3ccccc3c3cc4c(cc32)C(C)(C)c2ccccc2-4)c(C#N)c1. The summed E-state index contributed by atoms with van der Waals surface area (Å²) in [6.07, 6.45) is 0. The summed E-state index contributed by atoms with van der Waals surface area (Å²) in [6.45, 7) is 14.9. The molecular formula is C35H33N3. The minimum absolute atomic E-state index is 0.145. The van der Waals surface area contributed by atoms with Crippen LogP contribution in [0.5, 0.6) is 0 Å². The van der Waals surface area contributed by atoms with E-state index in [4.69, 9.17) is 0 Å². The molecule has 0 unspecified atom stereocenters. The predicted molar refractivity (Wildman–Crippen MR) is 158 cm³/mol. The molecule has 0 aliphatic heterocycles. The zero-order valence-electron chi connectivity index (χ0n) is 23.3. The first-order valence-electron chi connectivity index (χ1n) is 13.3. The van der Waals surface area contributed by atoms with E-state index in [1.165, 1.54) is 22.3 Å². The molecule has 38 heavy (non-hydrogen) atoms. The molecule has 0 N–H and O–H groups in total. The highest BCUT2D eigenvalue weighted by Gasteiger charge is 2.36. The molecule has 0 spiro atoms. The Morgan fingerprint density at radius 3 is 1.92 bits per heavy atom. The first-order valence-corrected chi connectivity index (χ1v) is 13.3. The van der Waals surface area contributed by atoms with Crippen molar-refractivity contribution < 1.29 is 0 Å². The number of nitrogens with zero attached hydrogens (tertiary/aromatic N) is 3. The van der Waals surface area contributed by atoms with E-state index in [1.807, 2.05) is 32.0 Å². The van der Waals surface area contributed by atoms with E-state index in [2.05, 4.69) is 106 Å². The van der Waals surface area contributed by atoms with Crippen molar-refractivity contribution in [3.05, 3.63) is 101 Å². The molecule has 3 heteroatoms. The molecule has 188 valence electrons. The molecule has 1 aliphatic rings. The average molecular weight is 496 g/mol. The summed E-state index contributed by atoms with van der Waals surface area (Å²) in [5, 5.41) is 22.8. The molecule has 0 bridgehead atoms. The Kier molecular flexibility index (Phi) is 5.93. The molecule has 1 aliphatic carbocycles. The van der Waals surface area contributed by atoms with Gasteiger partial charge in [-0.05, 0) is 63.6 Å². The predicted octanol–water partition coefficient (Wildman–Crippen LogP) is 9.16. The number of rotatable bonds is 1. The highest BCUT2D eigenvalue weighted by atomic mass is 15.0. The van der Waals surface area contributed by atoms with Gasteiger partial charge < -0.3 is 4.57 Å². The molecule has 0 saturated carbocycles. The molecule has 6 rings (SSSR count). The standard InChI is InChI=1S/C33H27N3.C2H6/c1-32(2,3)22-14-20(18-34)31(21(15-22)19-35)36-29-13-9-7-11-24(29)26-16-25-23-10-6-8-12-27(23)33(4,5)28(25)17-30(26)36;1-2/h6-17H,1-5H3;1-2H3. The second kappa shape index (κ2) is 8.90. The van der Waals surface area contributed by atoms with E-state index >= 15 is 0 Å². The highest BCUT2D eigenvalue weighted by molar-refractivity contribution is 6.12. The molecule has 1 aromatic heterocycles. The van der Waals surface area contributed by atoms with Crippen molar-refractivity contribution in [2.45, 2.75) is 59.3 Å². The number of nitriles is 2. The summed E-state index contributed by atoms with van der Waals surface area (Å²) in [5.74, 6) is 0. The Balaban J connectivity index is 0.00000144. The zero-order valence-corrected chi connectivity index (χ0v) is 23.3. The lowest BCUT2D eigenvalue weighted by molar-refractivity contribution is 0.589. The van der Waals surface area contributed by atoms with Crippen molar-refractivity contribution in [3.63, 3.8) is 0 Å². The van der Waals surface area contributed by atoms with Crippen LogP contribution in [0.2, 0.25) is 0 Å². The van der Waals surface area contributed by atoms with Crippen LogP contribution >= 0.6 is 0 Å². The van der Waals surface area contributed by atoms with Gasteiger partial charge in [0, 0.05) is 16.2 Å². The second-order valence-electron chi connectivity index (χ2n) is 11.3. The molecule has 3 nitrogen and oxygen atoms in total. The highest BCUT2D eigenvalue weighted by Crippen LogP contribution is 2.51. The zero-order chi connectivity index (χ0) is 27.4. The van der Waals surface area contributed by atoms with Crippen molar-refractivity contribution in [1.82, 2.24) is 4.57 Å². The summed E-state index contributed by atoms with van der Waals surface area (Å²) in [6, 6.07) is 30.2. The van der Waals surface area contributed by atoms with Gasteiger partial charge in [0.25, 0.3) is 0 Å². The van der Waals surface area contributed by atoms with Crippen LogP contribution in [0.25, 0.3) is 38.6 Å². The van der Waals surface area contributed by atoms with E-state index in [-0.39, 0.29) is 10.8 Å². The number of fused-ring (bicyclic) bond motifs is 6. The summed E-state index contributed by atoms with van der Waals surface area (Å²) in [4.78, 5) is 0.